The fourth-order valence-electron chi connectivity index (χ4n) is 6.37. The highest BCUT2D eigenvalue weighted by atomic mass is 32.1. The van der Waals surface area contributed by atoms with Gasteiger partial charge in [0.05, 0.1) is 6.54 Å². The van der Waals surface area contributed by atoms with E-state index in [2.05, 4.69) is 109 Å². The van der Waals surface area contributed by atoms with E-state index in [1.54, 1.807) is 0 Å². The monoisotopic (exact) mass is 583 g/mol. The molecule has 3 nitrogen and oxygen atoms in total. The first kappa shape index (κ1) is 26.4. The topological polar surface area (TPSA) is 37.1 Å². The highest BCUT2D eigenvalue weighted by Crippen LogP contribution is 2.45. The van der Waals surface area contributed by atoms with Crippen LogP contribution in [0.25, 0.3) is 52.8 Å². The smallest absolute Gasteiger partial charge is 0.161 e. The maximum atomic E-state index is 5.04. The Bertz CT molecular complexity index is 2320. The molecule has 1 aliphatic rings. The number of aliphatic imine (C=N–C) groups is 3. The van der Waals surface area contributed by atoms with E-state index < -0.39 is 0 Å². The summed E-state index contributed by atoms with van der Waals surface area (Å²) in [5, 5.41) is 7.97. The molecule has 0 bridgehead atoms. The number of nitrogens with zero attached hydrogens (tertiary/aromatic N) is 3. The molecular formula is C40H29N3S. The zero-order chi connectivity index (χ0) is 29.5. The molecule has 0 saturated heterocycles. The quantitative estimate of drug-likeness (QED) is 0.110. The van der Waals surface area contributed by atoms with Crippen LogP contribution in [0.3, 0.4) is 0 Å². The third kappa shape index (κ3) is 4.64. The molecule has 210 valence electrons. The van der Waals surface area contributed by atoms with Crippen LogP contribution in [-0.4, -0.2) is 24.9 Å². The van der Waals surface area contributed by atoms with Gasteiger partial charge in [-0.15, -0.1) is 11.3 Å². The lowest BCUT2D eigenvalue weighted by atomic mass is 9.92. The van der Waals surface area contributed by atoms with Crippen molar-refractivity contribution in [2.75, 3.05) is 6.54 Å². The highest BCUT2D eigenvalue weighted by molar-refractivity contribution is 7.26. The summed E-state index contributed by atoms with van der Waals surface area (Å²) in [7, 11) is 0. The average Bonchev–Trinajstić information content (AvgIpc) is 3.48. The normalized spacial score (nSPS) is 14.2. The van der Waals surface area contributed by atoms with Crippen molar-refractivity contribution in [1.82, 2.24) is 0 Å². The predicted octanol–water partition coefficient (Wildman–Crippen LogP) is 10.6. The van der Waals surface area contributed by atoms with Crippen molar-refractivity contribution in [2.45, 2.75) is 12.8 Å². The number of hydrogen-bond donors (Lipinski definition) is 0. The van der Waals surface area contributed by atoms with Crippen molar-refractivity contribution < 1.29 is 0 Å². The first-order valence-corrected chi connectivity index (χ1v) is 15.8. The molecule has 0 aliphatic heterocycles. The van der Waals surface area contributed by atoms with Crippen LogP contribution >= 0.6 is 11.3 Å². The van der Waals surface area contributed by atoms with Crippen molar-refractivity contribution in [3.63, 3.8) is 0 Å². The number of allylic oxidation sites excluding steroid dienone is 3. The van der Waals surface area contributed by atoms with Crippen molar-refractivity contribution in [2.24, 2.45) is 15.0 Å². The van der Waals surface area contributed by atoms with E-state index in [4.69, 9.17) is 9.98 Å². The Morgan fingerprint density at radius 2 is 1.39 bits per heavy atom. The molecule has 0 amide bonds. The molecule has 0 saturated carbocycles. The standard InChI is InChI=1S/C40H29N3S/c1-41-39(27-13-6-3-7-14-27)43-40(42-25-26-11-4-2-5-12-26)30-16-8-15-28(23-30)29-21-22-31-32-17-9-19-35-37(32)38-33(34(31)24-29)18-10-20-36(38)44-35/h2-4,6-11,13-24H,1,5,12,25H2. The molecular weight excluding hydrogens is 555 g/mol. The number of hydrogen-bond acceptors (Lipinski definition) is 2. The van der Waals surface area contributed by atoms with E-state index in [9.17, 15) is 0 Å². The number of fused-ring (bicyclic) bond motifs is 3. The third-order valence-corrected chi connectivity index (χ3v) is 9.62. The molecule has 7 aromatic rings. The largest absolute Gasteiger partial charge is 0.262 e. The minimum atomic E-state index is 0.565. The summed E-state index contributed by atoms with van der Waals surface area (Å²) in [4.78, 5) is 14.3. The molecule has 1 aromatic heterocycles. The molecule has 44 heavy (non-hydrogen) atoms. The van der Waals surface area contributed by atoms with Gasteiger partial charge in [-0.2, -0.15) is 0 Å². The zero-order valence-corrected chi connectivity index (χ0v) is 25.0. The summed E-state index contributed by atoms with van der Waals surface area (Å²) in [5.41, 5.74) is 5.47. The van der Waals surface area contributed by atoms with E-state index in [0.717, 1.165) is 29.5 Å². The van der Waals surface area contributed by atoms with E-state index in [1.807, 2.05) is 41.7 Å². The van der Waals surface area contributed by atoms with Gasteiger partial charge in [-0.05, 0) is 82.1 Å². The molecule has 4 heteroatoms. The van der Waals surface area contributed by atoms with E-state index in [0.29, 0.717) is 18.2 Å². The molecule has 1 heterocycles. The van der Waals surface area contributed by atoms with Gasteiger partial charge in [-0.1, -0.05) is 103 Å². The molecule has 0 spiro atoms. The lowest BCUT2D eigenvalue weighted by molar-refractivity contribution is 0.915. The minimum Gasteiger partial charge on any atom is -0.262 e. The molecule has 1 aliphatic carbocycles. The van der Waals surface area contributed by atoms with Crippen LogP contribution in [0.1, 0.15) is 24.0 Å². The SMILES string of the molecule is C=NC(=NC(=NCC1=CC=CCC1)c1cccc(-c2ccc3c(c2)c2cccc4sc5cccc3c5c42)c1)c1ccccc1. The summed E-state index contributed by atoms with van der Waals surface area (Å²) < 4.78 is 2.69. The lowest BCUT2D eigenvalue weighted by Crippen LogP contribution is -2.06. The van der Waals surface area contributed by atoms with Gasteiger partial charge in [-0.25, -0.2) is 9.98 Å². The summed E-state index contributed by atoms with van der Waals surface area (Å²) in [6.07, 6.45) is 8.55. The lowest BCUT2D eigenvalue weighted by Gasteiger charge is -2.12. The molecule has 8 rings (SSSR count). The number of benzene rings is 6. The van der Waals surface area contributed by atoms with Crippen molar-refractivity contribution in [3.05, 3.63) is 144 Å². The summed E-state index contributed by atoms with van der Waals surface area (Å²) in [5.74, 6) is 1.22. The first-order chi connectivity index (χ1) is 21.8. The molecule has 0 unspecified atom stereocenters. The Hall–Kier alpha value is -5.19. The Labute approximate surface area is 260 Å². The Morgan fingerprint density at radius 1 is 0.659 bits per heavy atom. The fourth-order valence-corrected chi connectivity index (χ4v) is 7.52. The van der Waals surface area contributed by atoms with Crippen LogP contribution < -0.4 is 0 Å². The molecule has 6 aromatic carbocycles. The number of thiophene rings is 1. The van der Waals surface area contributed by atoms with Crippen LogP contribution in [0.15, 0.2) is 148 Å². The third-order valence-electron chi connectivity index (χ3n) is 8.50. The summed E-state index contributed by atoms with van der Waals surface area (Å²) in [6.45, 7) is 4.43. The highest BCUT2D eigenvalue weighted by Gasteiger charge is 2.16. The van der Waals surface area contributed by atoms with Gasteiger partial charge in [0.1, 0.15) is 0 Å². The van der Waals surface area contributed by atoms with Gasteiger partial charge in [-0.3, -0.25) is 4.99 Å². The van der Waals surface area contributed by atoms with Crippen LogP contribution in [0.2, 0.25) is 0 Å². The second-order valence-electron chi connectivity index (χ2n) is 11.2. The molecule has 0 N–H and O–H groups in total. The van der Waals surface area contributed by atoms with E-state index in [-0.39, 0.29) is 0 Å². The fraction of sp³-hybridized carbons (Fsp3) is 0.0750. The van der Waals surface area contributed by atoms with Gasteiger partial charge < -0.3 is 0 Å². The second-order valence-corrected chi connectivity index (χ2v) is 12.3. The average molecular weight is 584 g/mol. The van der Waals surface area contributed by atoms with Crippen LogP contribution in [0, 0.1) is 0 Å². The summed E-state index contributed by atoms with van der Waals surface area (Å²) >= 11 is 1.88. The van der Waals surface area contributed by atoms with Gasteiger partial charge in [0.15, 0.2) is 11.7 Å². The summed E-state index contributed by atoms with van der Waals surface area (Å²) in [6, 6.07) is 38.8. The Balaban J connectivity index is 1.26. The minimum absolute atomic E-state index is 0.565. The molecule has 0 radical (unpaired) electrons. The van der Waals surface area contributed by atoms with Crippen molar-refractivity contribution in [1.29, 1.82) is 0 Å². The number of rotatable bonds is 5. The Kier molecular flexibility index (Phi) is 6.69. The van der Waals surface area contributed by atoms with E-state index >= 15 is 0 Å². The number of amidine groups is 2. The maximum Gasteiger partial charge on any atom is 0.161 e. The van der Waals surface area contributed by atoms with Crippen LogP contribution in [-0.2, 0) is 0 Å². The van der Waals surface area contributed by atoms with Gasteiger partial charge in [0.25, 0.3) is 0 Å². The molecule has 0 fully saturated rings. The van der Waals surface area contributed by atoms with Crippen molar-refractivity contribution >= 4 is 71.4 Å². The maximum absolute atomic E-state index is 5.04. The van der Waals surface area contributed by atoms with Crippen molar-refractivity contribution in [3.8, 4) is 11.1 Å². The van der Waals surface area contributed by atoms with Crippen LogP contribution in [0.5, 0.6) is 0 Å². The van der Waals surface area contributed by atoms with Gasteiger partial charge in [0, 0.05) is 31.3 Å². The van der Waals surface area contributed by atoms with Gasteiger partial charge in [0.2, 0.25) is 0 Å². The van der Waals surface area contributed by atoms with Gasteiger partial charge >= 0.3 is 0 Å². The van der Waals surface area contributed by atoms with E-state index in [1.165, 1.54) is 52.9 Å². The van der Waals surface area contributed by atoms with Crippen LogP contribution in [0.4, 0.5) is 0 Å². The molecule has 0 atom stereocenters. The predicted molar refractivity (Wildman–Crippen MR) is 191 cm³/mol. The first-order valence-electron chi connectivity index (χ1n) is 15.0. The zero-order valence-electron chi connectivity index (χ0n) is 24.2. The second kappa shape index (κ2) is 11.1. The Morgan fingerprint density at radius 3 is 2.14 bits per heavy atom.